The normalized spacial score (nSPS) is 15.7. The fraction of sp³-hybridized carbons (Fsp3) is 0.500. The number of piperidine rings is 1. The van der Waals surface area contributed by atoms with Crippen LogP contribution in [0.2, 0.25) is 0 Å². The number of rotatable bonds is 6. The summed E-state index contributed by atoms with van der Waals surface area (Å²) >= 11 is 0. The summed E-state index contributed by atoms with van der Waals surface area (Å²) in [7, 11) is -3.60. The lowest BCUT2D eigenvalue weighted by Gasteiger charge is -2.32. The number of sulfonamides is 1. The van der Waals surface area contributed by atoms with E-state index in [9.17, 15) is 13.2 Å². The monoisotopic (exact) mass is 456 g/mol. The maximum Gasteiger partial charge on any atom is 0.243 e. The number of nitrogens with one attached hydrogen (secondary N) is 1. The molecule has 1 fully saturated rings. The first-order valence-electron chi connectivity index (χ1n) is 11.6. The van der Waals surface area contributed by atoms with E-state index < -0.39 is 10.0 Å². The van der Waals surface area contributed by atoms with E-state index in [4.69, 9.17) is 0 Å². The number of anilines is 1. The minimum absolute atomic E-state index is 0.00332. The smallest absolute Gasteiger partial charge is 0.243 e. The molecule has 5 nitrogen and oxygen atoms in total. The number of hydrogen-bond acceptors (Lipinski definition) is 3. The zero-order valence-electron chi connectivity index (χ0n) is 20.2. The van der Waals surface area contributed by atoms with Gasteiger partial charge < -0.3 is 5.32 Å². The van der Waals surface area contributed by atoms with Crippen LogP contribution in [0.25, 0.3) is 0 Å². The molecule has 2 aromatic carbocycles. The maximum absolute atomic E-state index is 13.5. The summed E-state index contributed by atoms with van der Waals surface area (Å²) in [4.78, 5) is 13.5. The molecule has 0 aliphatic carbocycles. The fourth-order valence-corrected chi connectivity index (χ4v) is 6.73. The molecule has 174 valence electrons. The van der Waals surface area contributed by atoms with Crippen molar-refractivity contribution in [3.05, 3.63) is 57.6 Å². The second-order valence-corrected chi connectivity index (χ2v) is 10.8. The Morgan fingerprint density at radius 1 is 0.969 bits per heavy atom. The number of carbonyl (C=O) groups is 1. The van der Waals surface area contributed by atoms with E-state index in [2.05, 4.69) is 31.3 Å². The molecule has 0 spiro atoms. The van der Waals surface area contributed by atoms with Gasteiger partial charge in [-0.1, -0.05) is 38.1 Å². The molecule has 6 heteroatoms. The van der Waals surface area contributed by atoms with Gasteiger partial charge in [0.25, 0.3) is 0 Å². The number of benzene rings is 2. The molecular weight excluding hydrogens is 420 g/mol. The van der Waals surface area contributed by atoms with Crippen LogP contribution in [-0.2, 0) is 27.7 Å². The van der Waals surface area contributed by atoms with E-state index in [-0.39, 0.29) is 11.8 Å². The molecule has 0 atom stereocenters. The molecule has 1 aliphatic heterocycles. The number of carbonyl (C=O) groups excluding carboxylic acids is 1. The summed E-state index contributed by atoms with van der Waals surface area (Å²) < 4.78 is 28.5. The first kappa shape index (κ1) is 24.5. The molecule has 3 rings (SSSR count). The average Bonchev–Trinajstić information content (AvgIpc) is 2.78. The highest BCUT2D eigenvalue weighted by molar-refractivity contribution is 7.89. The van der Waals surface area contributed by atoms with Crippen molar-refractivity contribution in [2.24, 2.45) is 5.92 Å². The Hall–Kier alpha value is -2.18. The fourth-order valence-electron chi connectivity index (χ4n) is 4.68. The van der Waals surface area contributed by atoms with Gasteiger partial charge in [-0.05, 0) is 86.8 Å². The van der Waals surface area contributed by atoms with Crippen LogP contribution >= 0.6 is 0 Å². The van der Waals surface area contributed by atoms with Crippen LogP contribution in [0.4, 0.5) is 5.69 Å². The van der Waals surface area contributed by atoms with Crippen molar-refractivity contribution in [2.75, 3.05) is 18.4 Å². The van der Waals surface area contributed by atoms with Gasteiger partial charge in [0, 0.05) is 24.7 Å². The zero-order valence-corrected chi connectivity index (χ0v) is 21.0. The highest BCUT2D eigenvalue weighted by atomic mass is 32.2. The lowest BCUT2D eigenvalue weighted by atomic mass is 9.96. The molecule has 32 heavy (non-hydrogen) atoms. The quantitative estimate of drug-likeness (QED) is 0.659. The van der Waals surface area contributed by atoms with Crippen molar-refractivity contribution in [2.45, 2.75) is 72.1 Å². The van der Waals surface area contributed by atoms with Gasteiger partial charge in [-0.2, -0.15) is 4.31 Å². The molecule has 0 radical (unpaired) electrons. The maximum atomic E-state index is 13.5. The Kier molecular flexibility index (Phi) is 7.46. The van der Waals surface area contributed by atoms with E-state index in [1.54, 1.807) is 4.31 Å². The van der Waals surface area contributed by atoms with Crippen LogP contribution in [0.5, 0.6) is 0 Å². The SMILES string of the molecule is CCc1cccc(CC)c1NC(=O)C1CCN(S(=O)(=O)c2c(C)c(C)cc(C)c2C)CC1. The molecule has 0 unspecified atom stereocenters. The molecule has 0 saturated carbocycles. The van der Waals surface area contributed by atoms with E-state index in [1.165, 1.54) is 0 Å². The molecule has 0 aromatic heterocycles. The lowest BCUT2D eigenvalue weighted by Crippen LogP contribution is -2.42. The summed E-state index contributed by atoms with van der Waals surface area (Å²) in [5, 5.41) is 3.16. The molecule has 0 bridgehead atoms. The summed E-state index contributed by atoms with van der Waals surface area (Å²) in [5.74, 6) is -0.186. The van der Waals surface area contributed by atoms with Crippen molar-refractivity contribution in [1.82, 2.24) is 4.31 Å². The standard InChI is InChI=1S/C26H36N2O3S/c1-7-21-10-9-11-22(8-2)24(21)27-26(29)23-12-14-28(15-13-23)32(30,31)25-19(5)17(3)16-18(4)20(25)6/h9-11,16,23H,7-8,12-15H2,1-6H3,(H,27,29). The van der Waals surface area contributed by atoms with Gasteiger partial charge in [0.05, 0.1) is 4.90 Å². The molecule has 1 saturated heterocycles. The Balaban J connectivity index is 1.76. The molecule has 1 N–H and O–H groups in total. The van der Waals surface area contributed by atoms with Gasteiger partial charge in [-0.3, -0.25) is 4.79 Å². The largest absolute Gasteiger partial charge is 0.325 e. The molecule has 1 heterocycles. The van der Waals surface area contributed by atoms with Crippen molar-refractivity contribution >= 4 is 21.6 Å². The van der Waals surface area contributed by atoms with Gasteiger partial charge in [0.1, 0.15) is 0 Å². The highest BCUT2D eigenvalue weighted by Gasteiger charge is 2.34. The van der Waals surface area contributed by atoms with Crippen molar-refractivity contribution < 1.29 is 13.2 Å². The van der Waals surface area contributed by atoms with Gasteiger partial charge in [0.2, 0.25) is 15.9 Å². The van der Waals surface area contributed by atoms with Gasteiger partial charge in [0.15, 0.2) is 0 Å². The summed E-state index contributed by atoms with van der Waals surface area (Å²) in [6.45, 7) is 12.6. The number of amides is 1. The third kappa shape index (κ3) is 4.62. The van der Waals surface area contributed by atoms with Gasteiger partial charge in [-0.25, -0.2) is 8.42 Å². The Morgan fingerprint density at radius 3 is 1.94 bits per heavy atom. The minimum atomic E-state index is -3.60. The number of hydrogen-bond donors (Lipinski definition) is 1. The van der Waals surface area contributed by atoms with Crippen molar-refractivity contribution in [3.8, 4) is 0 Å². The molecule has 1 aliphatic rings. The second kappa shape index (κ2) is 9.75. The van der Waals surface area contributed by atoms with E-state index >= 15 is 0 Å². The van der Waals surface area contributed by atoms with Crippen LogP contribution in [-0.4, -0.2) is 31.7 Å². The van der Waals surface area contributed by atoms with E-state index in [1.807, 2.05) is 39.8 Å². The Bertz CT molecular complexity index is 1070. The first-order valence-corrected chi connectivity index (χ1v) is 13.0. The van der Waals surface area contributed by atoms with Crippen LogP contribution in [0, 0.1) is 33.6 Å². The Morgan fingerprint density at radius 2 is 1.47 bits per heavy atom. The average molecular weight is 457 g/mol. The lowest BCUT2D eigenvalue weighted by molar-refractivity contribution is -0.120. The highest BCUT2D eigenvalue weighted by Crippen LogP contribution is 2.32. The van der Waals surface area contributed by atoms with E-state index in [0.29, 0.717) is 30.8 Å². The minimum Gasteiger partial charge on any atom is -0.325 e. The number of para-hydroxylation sites is 1. The number of aryl methyl sites for hydroxylation is 4. The van der Waals surface area contributed by atoms with Crippen LogP contribution in [0.1, 0.15) is 60.1 Å². The molecular formula is C26H36N2O3S. The third-order valence-corrected chi connectivity index (χ3v) is 9.14. The van der Waals surface area contributed by atoms with E-state index in [0.717, 1.165) is 51.9 Å². The molecule has 1 amide bonds. The topological polar surface area (TPSA) is 66.5 Å². The van der Waals surface area contributed by atoms with Crippen LogP contribution in [0.15, 0.2) is 29.2 Å². The van der Waals surface area contributed by atoms with Gasteiger partial charge >= 0.3 is 0 Å². The molecule has 2 aromatic rings. The third-order valence-electron chi connectivity index (χ3n) is 6.97. The van der Waals surface area contributed by atoms with Crippen LogP contribution < -0.4 is 5.32 Å². The second-order valence-electron chi connectivity index (χ2n) is 8.92. The number of nitrogens with zero attached hydrogens (tertiary/aromatic N) is 1. The van der Waals surface area contributed by atoms with Crippen molar-refractivity contribution in [1.29, 1.82) is 0 Å². The zero-order chi connectivity index (χ0) is 23.6. The van der Waals surface area contributed by atoms with Crippen LogP contribution in [0.3, 0.4) is 0 Å². The predicted molar refractivity (Wildman–Crippen MR) is 131 cm³/mol. The summed E-state index contributed by atoms with van der Waals surface area (Å²) in [5.41, 5.74) is 6.81. The van der Waals surface area contributed by atoms with Crippen molar-refractivity contribution in [3.63, 3.8) is 0 Å². The first-order chi connectivity index (χ1) is 15.1. The predicted octanol–water partition coefficient (Wildman–Crippen LogP) is 5.08. The Labute approximate surface area is 193 Å². The summed E-state index contributed by atoms with van der Waals surface area (Å²) in [6.07, 6.45) is 2.77. The summed E-state index contributed by atoms with van der Waals surface area (Å²) in [6, 6.07) is 8.18. The van der Waals surface area contributed by atoms with Gasteiger partial charge in [-0.15, -0.1) is 0 Å².